The molecule has 1 heterocycles. The number of ether oxygens (including phenoxy) is 1. The number of esters is 1. The second kappa shape index (κ2) is 8.14. The topological polar surface area (TPSA) is 80.3 Å². The predicted octanol–water partition coefficient (Wildman–Crippen LogP) is 4.17. The zero-order chi connectivity index (χ0) is 19.2. The highest BCUT2D eigenvalue weighted by Gasteiger charge is 2.11. The number of amides is 1. The van der Waals surface area contributed by atoms with Gasteiger partial charge in [-0.05, 0) is 43.3 Å². The molecule has 0 aliphatic rings. The molecule has 0 radical (unpaired) electrons. The number of hydrogen-bond acceptors (Lipinski definition) is 5. The number of carbonyl (C=O) groups excluding carboxylic acids is 2. The molecule has 27 heavy (non-hydrogen) atoms. The zero-order valence-electron chi connectivity index (χ0n) is 15.0. The molecule has 0 fully saturated rings. The van der Waals surface area contributed by atoms with Gasteiger partial charge in [0.15, 0.2) is 0 Å². The Morgan fingerprint density at radius 3 is 2.37 bits per heavy atom. The third-order valence-electron chi connectivity index (χ3n) is 3.93. The first-order valence-electron chi connectivity index (χ1n) is 8.35. The Kier molecular flexibility index (Phi) is 5.47. The molecule has 2 N–H and O–H groups in total. The Morgan fingerprint density at radius 1 is 0.963 bits per heavy atom. The molecule has 3 rings (SSSR count). The molecular weight excluding hydrogens is 342 g/mol. The number of methoxy groups -OCH3 is 1. The minimum atomic E-state index is -0.423. The van der Waals surface area contributed by atoms with E-state index in [0.717, 1.165) is 5.56 Å². The van der Waals surface area contributed by atoms with Crippen LogP contribution in [0, 0.1) is 6.92 Å². The first kappa shape index (κ1) is 18.1. The monoisotopic (exact) mass is 361 g/mol. The Bertz CT molecular complexity index is 951. The maximum absolute atomic E-state index is 12.2. The summed E-state index contributed by atoms with van der Waals surface area (Å²) in [5.41, 5.74) is 3.38. The maximum Gasteiger partial charge on any atom is 0.339 e. The minimum absolute atomic E-state index is 0.223. The highest BCUT2D eigenvalue weighted by molar-refractivity contribution is 6.03. The Labute approximate surface area is 157 Å². The second-order valence-corrected chi connectivity index (χ2v) is 5.91. The molecule has 0 atom stereocenters. The minimum Gasteiger partial charge on any atom is -0.465 e. The summed E-state index contributed by atoms with van der Waals surface area (Å²) in [5.74, 6) is -0.209. The van der Waals surface area contributed by atoms with Crippen molar-refractivity contribution < 1.29 is 14.3 Å². The van der Waals surface area contributed by atoms with Crippen LogP contribution >= 0.6 is 0 Å². The van der Waals surface area contributed by atoms with Crippen molar-refractivity contribution in [1.82, 2.24) is 4.98 Å². The summed E-state index contributed by atoms with van der Waals surface area (Å²) in [6.45, 7) is 1.97. The zero-order valence-corrected chi connectivity index (χ0v) is 15.0. The summed E-state index contributed by atoms with van der Waals surface area (Å²) in [4.78, 5) is 28.3. The van der Waals surface area contributed by atoms with Crippen LogP contribution in [0.5, 0.6) is 0 Å². The largest absolute Gasteiger partial charge is 0.465 e. The average molecular weight is 361 g/mol. The van der Waals surface area contributed by atoms with E-state index in [4.69, 9.17) is 4.74 Å². The van der Waals surface area contributed by atoms with Gasteiger partial charge >= 0.3 is 5.97 Å². The SMILES string of the molecule is COC(=O)c1ccccc1Nc1ccc(NC(=O)c2ccc(C)cc2)nc1. The van der Waals surface area contributed by atoms with Crippen molar-refractivity contribution in [2.75, 3.05) is 17.7 Å². The molecule has 0 saturated carbocycles. The van der Waals surface area contributed by atoms with Gasteiger partial charge in [-0.25, -0.2) is 9.78 Å². The standard InChI is InChI=1S/C21H19N3O3/c1-14-7-9-15(10-8-14)20(25)24-19-12-11-16(13-22-19)23-18-6-4-3-5-17(18)21(26)27-2/h3-13,23H,1-2H3,(H,22,24,25). The van der Waals surface area contributed by atoms with Crippen LogP contribution in [-0.4, -0.2) is 24.0 Å². The van der Waals surface area contributed by atoms with E-state index in [-0.39, 0.29) is 5.91 Å². The first-order valence-corrected chi connectivity index (χ1v) is 8.35. The van der Waals surface area contributed by atoms with Gasteiger partial charge in [-0.3, -0.25) is 4.79 Å². The van der Waals surface area contributed by atoms with Crippen LogP contribution in [0.2, 0.25) is 0 Å². The number of carbonyl (C=O) groups is 2. The van der Waals surface area contributed by atoms with Crippen LogP contribution in [-0.2, 0) is 4.74 Å². The molecule has 0 aliphatic carbocycles. The molecule has 0 unspecified atom stereocenters. The maximum atomic E-state index is 12.2. The molecule has 0 spiro atoms. The van der Waals surface area contributed by atoms with Crippen LogP contribution < -0.4 is 10.6 Å². The van der Waals surface area contributed by atoms with Gasteiger partial charge in [0.25, 0.3) is 5.91 Å². The summed E-state index contributed by atoms with van der Waals surface area (Å²) >= 11 is 0. The third kappa shape index (κ3) is 4.49. The third-order valence-corrected chi connectivity index (χ3v) is 3.93. The Balaban J connectivity index is 1.70. The van der Waals surface area contributed by atoms with Gasteiger partial charge in [-0.15, -0.1) is 0 Å². The molecule has 136 valence electrons. The van der Waals surface area contributed by atoms with Crippen LogP contribution in [0.15, 0.2) is 66.9 Å². The smallest absolute Gasteiger partial charge is 0.339 e. The quantitative estimate of drug-likeness (QED) is 0.667. The van der Waals surface area contributed by atoms with Crippen molar-refractivity contribution in [1.29, 1.82) is 0 Å². The van der Waals surface area contributed by atoms with E-state index >= 15 is 0 Å². The molecule has 0 bridgehead atoms. The number of aromatic nitrogens is 1. The number of pyridine rings is 1. The molecule has 1 aromatic heterocycles. The van der Waals surface area contributed by atoms with Gasteiger partial charge < -0.3 is 15.4 Å². The average Bonchev–Trinajstić information content (AvgIpc) is 2.70. The van der Waals surface area contributed by atoms with Crippen LogP contribution in [0.3, 0.4) is 0 Å². The van der Waals surface area contributed by atoms with Gasteiger partial charge in [0.05, 0.1) is 30.2 Å². The molecule has 6 heteroatoms. The molecule has 2 aromatic carbocycles. The van der Waals surface area contributed by atoms with Gasteiger partial charge in [-0.1, -0.05) is 29.8 Å². The predicted molar refractivity (Wildman–Crippen MR) is 104 cm³/mol. The normalized spacial score (nSPS) is 10.1. The number of aryl methyl sites for hydroxylation is 1. The van der Waals surface area contributed by atoms with Crippen molar-refractivity contribution in [2.45, 2.75) is 6.92 Å². The van der Waals surface area contributed by atoms with Crippen LogP contribution in [0.25, 0.3) is 0 Å². The number of nitrogens with one attached hydrogen (secondary N) is 2. The van der Waals surface area contributed by atoms with Crippen molar-refractivity contribution in [3.05, 3.63) is 83.6 Å². The molecule has 0 aliphatic heterocycles. The number of rotatable bonds is 5. The molecular formula is C21H19N3O3. The molecule has 1 amide bonds. The van der Waals surface area contributed by atoms with Crippen LogP contribution in [0.1, 0.15) is 26.3 Å². The molecule has 3 aromatic rings. The van der Waals surface area contributed by atoms with Gasteiger partial charge in [0, 0.05) is 5.56 Å². The van der Waals surface area contributed by atoms with Crippen molar-refractivity contribution in [3.63, 3.8) is 0 Å². The number of benzene rings is 2. The fourth-order valence-electron chi connectivity index (χ4n) is 2.47. The fraction of sp³-hybridized carbons (Fsp3) is 0.0952. The molecule has 6 nitrogen and oxygen atoms in total. The van der Waals surface area contributed by atoms with Crippen molar-refractivity contribution in [3.8, 4) is 0 Å². The van der Waals surface area contributed by atoms with E-state index in [0.29, 0.717) is 28.3 Å². The lowest BCUT2D eigenvalue weighted by Crippen LogP contribution is -2.12. The lowest BCUT2D eigenvalue weighted by atomic mass is 10.1. The summed E-state index contributed by atoms with van der Waals surface area (Å²) < 4.78 is 4.78. The summed E-state index contributed by atoms with van der Waals surface area (Å²) in [7, 11) is 1.34. The van der Waals surface area contributed by atoms with E-state index in [2.05, 4.69) is 15.6 Å². The highest BCUT2D eigenvalue weighted by atomic mass is 16.5. The van der Waals surface area contributed by atoms with E-state index < -0.39 is 5.97 Å². The molecule has 0 saturated heterocycles. The van der Waals surface area contributed by atoms with Gasteiger partial charge in [0.2, 0.25) is 0 Å². The van der Waals surface area contributed by atoms with Crippen LogP contribution in [0.4, 0.5) is 17.2 Å². The fourth-order valence-corrected chi connectivity index (χ4v) is 2.47. The van der Waals surface area contributed by atoms with E-state index in [9.17, 15) is 9.59 Å². The van der Waals surface area contributed by atoms with Crippen molar-refractivity contribution >= 4 is 29.1 Å². The summed E-state index contributed by atoms with van der Waals surface area (Å²) in [5, 5.41) is 5.89. The van der Waals surface area contributed by atoms with Gasteiger partial charge in [-0.2, -0.15) is 0 Å². The highest BCUT2D eigenvalue weighted by Crippen LogP contribution is 2.22. The number of anilines is 3. The number of para-hydroxylation sites is 1. The van der Waals surface area contributed by atoms with Crippen molar-refractivity contribution in [2.24, 2.45) is 0 Å². The van der Waals surface area contributed by atoms with E-state index in [1.54, 1.807) is 48.7 Å². The summed E-state index contributed by atoms with van der Waals surface area (Å²) in [6, 6.07) is 17.8. The van der Waals surface area contributed by atoms with Gasteiger partial charge in [0.1, 0.15) is 5.82 Å². The van der Waals surface area contributed by atoms with E-state index in [1.807, 2.05) is 25.1 Å². The number of nitrogens with zero attached hydrogens (tertiary/aromatic N) is 1. The summed E-state index contributed by atoms with van der Waals surface area (Å²) in [6.07, 6.45) is 1.58. The van der Waals surface area contributed by atoms with E-state index in [1.165, 1.54) is 7.11 Å². The Hall–Kier alpha value is -3.67. The lowest BCUT2D eigenvalue weighted by Gasteiger charge is -2.11. The Morgan fingerprint density at radius 2 is 1.70 bits per heavy atom. The second-order valence-electron chi connectivity index (χ2n) is 5.91. The number of hydrogen-bond donors (Lipinski definition) is 2. The lowest BCUT2D eigenvalue weighted by molar-refractivity contribution is 0.0601. The first-order chi connectivity index (χ1) is 13.1.